The van der Waals surface area contributed by atoms with Gasteiger partial charge in [0.05, 0.1) is 0 Å². The third kappa shape index (κ3) is 7.95. The van der Waals surface area contributed by atoms with E-state index in [1.807, 2.05) is 30.3 Å². The molecule has 0 heterocycles. The lowest BCUT2D eigenvalue weighted by Crippen LogP contribution is -2.43. The summed E-state index contributed by atoms with van der Waals surface area (Å²) in [5.74, 6) is -0.814. The lowest BCUT2D eigenvalue weighted by atomic mass is 10.0. The normalized spacial score (nSPS) is 12.0. The molecule has 0 aliphatic rings. The first-order chi connectivity index (χ1) is 14.1. The zero-order chi connectivity index (χ0) is 22.1. The Bertz CT molecular complexity index is 856. The monoisotopic (exact) mass is 413 g/mol. The number of amides is 1. The zero-order valence-corrected chi connectivity index (χ0v) is 17.4. The molecule has 30 heavy (non-hydrogen) atoms. The minimum atomic E-state index is -1.22. The lowest BCUT2D eigenvalue weighted by molar-refractivity contribution is -0.139. The van der Waals surface area contributed by atoms with E-state index in [1.165, 1.54) is 0 Å². The summed E-state index contributed by atoms with van der Waals surface area (Å²) in [6, 6.07) is 15.2. The number of Topliss-reactive ketones (excluding diaryl/α,β-unsaturated/α-hetero) is 1. The van der Waals surface area contributed by atoms with Crippen LogP contribution in [0.4, 0.5) is 4.79 Å². The molecule has 2 rings (SSSR count). The van der Waals surface area contributed by atoms with Gasteiger partial charge in [0.1, 0.15) is 24.0 Å². The summed E-state index contributed by atoms with van der Waals surface area (Å²) in [5.41, 5.74) is 0.742. The Morgan fingerprint density at radius 1 is 1.00 bits per heavy atom. The molecule has 0 spiro atoms. The first-order valence-electron chi connectivity index (χ1n) is 9.66. The number of carbonyl (C=O) groups excluding carboxylic acids is 2. The minimum Gasteiger partial charge on any atom is -0.489 e. The van der Waals surface area contributed by atoms with Crippen LogP contribution in [0, 0.1) is 0 Å². The highest BCUT2D eigenvalue weighted by atomic mass is 16.6. The van der Waals surface area contributed by atoms with Gasteiger partial charge in [-0.15, -0.1) is 0 Å². The molecule has 2 aromatic rings. The van der Waals surface area contributed by atoms with Crippen LogP contribution in [0.1, 0.15) is 49.5 Å². The van der Waals surface area contributed by atoms with Crippen molar-refractivity contribution in [1.82, 2.24) is 5.32 Å². The number of benzene rings is 2. The van der Waals surface area contributed by atoms with Crippen LogP contribution < -0.4 is 10.1 Å². The second-order valence-electron chi connectivity index (χ2n) is 7.80. The highest BCUT2D eigenvalue weighted by Crippen LogP contribution is 2.16. The predicted molar refractivity (Wildman–Crippen MR) is 112 cm³/mol. The van der Waals surface area contributed by atoms with Gasteiger partial charge in [0.2, 0.25) is 0 Å². The molecule has 2 aromatic carbocycles. The average Bonchev–Trinajstić information content (AvgIpc) is 2.69. The zero-order valence-electron chi connectivity index (χ0n) is 17.4. The van der Waals surface area contributed by atoms with Crippen molar-refractivity contribution in [2.75, 3.05) is 0 Å². The number of ether oxygens (including phenoxy) is 2. The van der Waals surface area contributed by atoms with Crippen LogP contribution in [0.25, 0.3) is 0 Å². The molecule has 1 amide bonds. The number of carbonyl (C=O) groups is 3. The molecule has 0 fully saturated rings. The van der Waals surface area contributed by atoms with Gasteiger partial charge in [0.15, 0.2) is 5.78 Å². The van der Waals surface area contributed by atoms with Crippen LogP contribution in [0.3, 0.4) is 0 Å². The first-order valence-corrected chi connectivity index (χ1v) is 9.66. The average molecular weight is 413 g/mol. The number of carboxylic acid groups (broad SMARTS) is 1. The highest BCUT2D eigenvalue weighted by Gasteiger charge is 2.24. The molecule has 0 bridgehead atoms. The first kappa shape index (κ1) is 22.9. The van der Waals surface area contributed by atoms with Gasteiger partial charge in [0.25, 0.3) is 0 Å². The third-order valence-electron chi connectivity index (χ3n) is 4.07. The van der Waals surface area contributed by atoms with E-state index in [0.717, 1.165) is 5.56 Å². The maximum Gasteiger partial charge on any atom is 0.408 e. The van der Waals surface area contributed by atoms with Crippen LogP contribution in [0.15, 0.2) is 54.6 Å². The SMILES string of the molecule is CC(C)(C)OC(=O)N[C@@H](CCC(=O)c1ccc(OCc2ccccc2)cc1)C(=O)O. The number of carboxylic acids is 1. The van der Waals surface area contributed by atoms with E-state index in [9.17, 15) is 19.5 Å². The molecule has 0 unspecified atom stereocenters. The highest BCUT2D eigenvalue weighted by molar-refractivity contribution is 5.96. The fourth-order valence-electron chi connectivity index (χ4n) is 2.60. The molecule has 0 aromatic heterocycles. The molecule has 0 aliphatic carbocycles. The number of hydrogen-bond donors (Lipinski definition) is 2. The number of aliphatic carboxylic acids is 1. The summed E-state index contributed by atoms with van der Waals surface area (Å²) < 4.78 is 10.8. The van der Waals surface area contributed by atoms with Gasteiger partial charge in [-0.2, -0.15) is 0 Å². The third-order valence-corrected chi connectivity index (χ3v) is 4.07. The number of rotatable bonds is 9. The van der Waals surface area contributed by atoms with E-state index in [0.29, 0.717) is 17.9 Å². The summed E-state index contributed by atoms with van der Waals surface area (Å²) in [7, 11) is 0. The predicted octanol–water partition coefficient (Wildman–Crippen LogP) is 4.21. The van der Waals surface area contributed by atoms with Crippen molar-refractivity contribution in [2.45, 2.75) is 51.9 Å². The number of hydrogen-bond acceptors (Lipinski definition) is 5. The Morgan fingerprint density at radius 2 is 1.63 bits per heavy atom. The van der Waals surface area contributed by atoms with Crippen LogP contribution >= 0.6 is 0 Å². The van der Waals surface area contributed by atoms with Crippen molar-refractivity contribution in [3.8, 4) is 5.75 Å². The Labute approximate surface area is 176 Å². The second-order valence-corrected chi connectivity index (χ2v) is 7.80. The number of ketones is 1. The van der Waals surface area contributed by atoms with Crippen molar-refractivity contribution in [1.29, 1.82) is 0 Å². The molecule has 160 valence electrons. The Morgan fingerprint density at radius 3 is 2.20 bits per heavy atom. The van der Waals surface area contributed by atoms with Gasteiger partial charge in [-0.1, -0.05) is 30.3 Å². The van der Waals surface area contributed by atoms with Gasteiger partial charge < -0.3 is 19.9 Å². The molecule has 0 aliphatic heterocycles. The van der Waals surface area contributed by atoms with Crippen molar-refractivity contribution >= 4 is 17.8 Å². The minimum absolute atomic E-state index is 0.0308. The van der Waals surface area contributed by atoms with Gasteiger partial charge in [0, 0.05) is 12.0 Å². The van der Waals surface area contributed by atoms with E-state index in [2.05, 4.69) is 5.32 Å². The maximum atomic E-state index is 12.4. The fourth-order valence-corrected chi connectivity index (χ4v) is 2.60. The van der Waals surface area contributed by atoms with Crippen LogP contribution in [-0.4, -0.2) is 34.6 Å². The van der Waals surface area contributed by atoms with Crippen molar-refractivity contribution in [3.63, 3.8) is 0 Å². The molecule has 1 atom stereocenters. The molecule has 0 saturated heterocycles. The number of nitrogens with one attached hydrogen (secondary N) is 1. The molecule has 2 N–H and O–H groups in total. The molecule has 7 heteroatoms. The summed E-state index contributed by atoms with van der Waals surface area (Å²) in [6.45, 7) is 5.46. The molecule has 0 radical (unpaired) electrons. The van der Waals surface area contributed by atoms with Crippen molar-refractivity contribution < 1.29 is 29.0 Å². The van der Waals surface area contributed by atoms with Gasteiger partial charge in [-0.25, -0.2) is 9.59 Å². The molecular formula is C23H27NO6. The lowest BCUT2D eigenvalue weighted by Gasteiger charge is -2.21. The van der Waals surface area contributed by atoms with E-state index in [-0.39, 0.29) is 18.6 Å². The van der Waals surface area contributed by atoms with E-state index in [1.54, 1.807) is 45.0 Å². The molecular weight excluding hydrogens is 386 g/mol. The van der Waals surface area contributed by atoms with Gasteiger partial charge >= 0.3 is 12.1 Å². The smallest absolute Gasteiger partial charge is 0.408 e. The summed E-state index contributed by atoms with van der Waals surface area (Å²) in [5, 5.41) is 11.6. The second kappa shape index (κ2) is 10.4. The fraction of sp³-hybridized carbons (Fsp3) is 0.348. The number of alkyl carbamates (subject to hydrolysis) is 1. The summed E-state index contributed by atoms with van der Waals surface area (Å²) in [6.07, 6.45) is -0.904. The van der Waals surface area contributed by atoms with E-state index in [4.69, 9.17) is 9.47 Å². The summed E-state index contributed by atoms with van der Waals surface area (Å²) >= 11 is 0. The van der Waals surface area contributed by atoms with E-state index >= 15 is 0 Å². The Balaban J connectivity index is 1.86. The quantitative estimate of drug-likeness (QED) is 0.597. The maximum absolute atomic E-state index is 12.4. The Hall–Kier alpha value is -3.35. The Kier molecular flexibility index (Phi) is 7.98. The largest absolute Gasteiger partial charge is 0.489 e. The van der Waals surface area contributed by atoms with Crippen LogP contribution in [-0.2, 0) is 16.1 Å². The standard InChI is InChI=1S/C23H27NO6/c1-23(2,3)30-22(28)24-19(21(26)27)13-14-20(25)17-9-11-18(12-10-17)29-15-16-7-5-4-6-8-16/h4-12,19H,13-15H2,1-3H3,(H,24,28)(H,26,27)/t19-/m0/s1. The van der Waals surface area contributed by atoms with Gasteiger partial charge in [-0.05, 0) is 57.0 Å². The molecule has 0 saturated carbocycles. The van der Waals surface area contributed by atoms with Crippen molar-refractivity contribution in [2.24, 2.45) is 0 Å². The topological polar surface area (TPSA) is 102 Å². The van der Waals surface area contributed by atoms with E-state index < -0.39 is 23.7 Å². The van der Waals surface area contributed by atoms with Crippen molar-refractivity contribution in [3.05, 3.63) is 65.7 Å². The van der Waals surface area contributed by atoms with Crippen LogP contribution in [0.2, 0.25) is 0 Å². The molecule has 7 nitrogen and oxygen atoms in total. The van der Waals surface area contributed by atoms with Gasteiger partial charge in [-0.3, -0.25) is 4.79 Å². The van der Waals surface area contributed by atoms with Crippen LogP contribution in [0.5, 0.6) is 5.75 Å². The summed E-state index contributed by atoms with van der Waals surface area (Å²) in [4.78, 5) is 35.6.